The second kappa shape index (κ2) is 12.3. The van der Waals surface area contributed by atoms with Crippen LogP contribution in [0.5, 0.6) is 0 Å². The molecule has 2 N–H and O–H groups in total. The number of carbonyl (C=O) groups is 2. The summed E-state index contributed by atoms with van der Waals surface area (Å²) in [5.74, 6) is -0.490. The van der Waals surface area contributed by atoms with Crippen LogP contribution in [-0.4, -0.2) is 75.4 Å². The monoisotopic (exact) mass is 522 g/mol. The molecule has 206 valence electrons. The van der Waals surface area contributed by atoms with Gasteiger partial charge in [0.15, 0.2) is 0 Å². The van der Waals surface area contributed by atoms with Gasteiger partial charge in [-0.05, 0) is 95.6 Å². The number of fused-ring (bicyclic) bond motifs is 1. The van der Waals surface area contributed by atoms with Gasteiger partial charge in [0, 0.05) is 37.6 Å². The molecule has 1 atom stereocenters. The van der Waals surface area contributed by atoms with Crippen LogP contribution in [-0.2, 0) is 20.7 Å². The normalized spacial score (nSPS) is 18.3. The minimum atomic E-state index is -0.557. The maximum Gasteiger partial charge on any atom is 0.338 e. The summed E-state index contributed by atoms with van der Waals surface area (Å²) in [6, 6.07) is 12.7. The number of anilines is 2. The molecular weight excluding hydrogens is 480 g/mol. The molecule has 1 saturated heterocycles. The lowest BCUT2D eigenvalue weighted by molar-refractivity contribution is -0.118. The molecule has 38 heavy (non-hydrogen) atoms. The van der Waals surface area contributed by atoms with E-state index in [9.17, 15) is 9.59 Å². The van der Waals surface area contributed by atoms with Gasteiger partial charge in [-0.25, -0.2) is 4.79 Å². The lowest BCUT2D eigenvalue weighted by Gasteiger charge is -2.37. The molecule has 0 aliphatic carbocycles. The van der Waals surface area contributed by atoms with E-state index in [2.05, 4.69) is 52.7 Å². The summed E-state index contributed by atoms with van der Waals surface area (Å²) in [4.78, 5) is 30.2. The lowest BCUT2D eigenvalue weighted by atomic mass is 9.91. The summed E-state index contributed by atoms with van der Waals surface area (Å²) < 4.78 is 11.5. The van der Waals surface area contributed by atoms with Crippen molar-refractivity contribution in [1.29, 1.82) is 0 Å². The molecule has 0 bridgehead atoms. The van der Waals surface area contributed by atoms with Crippen molar-refractivity contribution < 1.29 is 19.1 Å². The highest BCUT2D eigenvalue weighted by Crippen LogP contribution is 2.33. The van der Waals surface area contributed by atoms with Crippen LogP contribution in [0, 0.1) is 0 Å². The van der Waals surface area contributed by atoms with E-state index < -0.39 is 11.6 Å². The van der Waals surface area contributed by atoms with Crippen molar-refractivity contribution in [2.45, 2.75) is 57.8 Å². The summed E-state index contributed by atoms with van der Waals surface area (Å²) in [5.41, 5.74) is 4.05. The highest BCUT2D eigenvalue weighted by Gasteiger charge is 2.30. The SMILES string of the molecule is CN(C)CCOC1CCN(c2cccc3c2CCNC3C(=O)Nc2ccc(C(=O)OC(C)(C)C)cc2)CC1. The van der Waals surface area contributed by atoms with Crippen LogP contribution < -0.4 is 15.5 Å². The van der Waals surface area contributed by atoms with E-state index in [1.165, 1.54) is 11.3 Å². The molecule has 2 aliphatic rings. The Balaban J connectivity index is 1.39. The molecule has 4 rings (SSSR count). The van der Waals surface area contributed by atoms with E-state index in [0.717, 1.165) is 57.6 Å². The molecular formula is C30H42N4O4. The molecule has 0 saturated carbocycles. The highest BCUT2D eigenvalue weighted by molar-refractivity contribution is 5.97. The average molecular weight is 523 g/mol. The molecule has 1 unspecified atom stereocenters. The Morgan fingerprint density at radius 2 is 1.79 bits per heavy atom. The number of hydrogen-bond donors (Lipinski definition) is 2. The van der Waals surface area contributed by atoms with Crippen LogP contribution in [0.4, 0.5) is 11.4 Å². The zero-order valence-corrected chi connectivity index (χ0v) is 23.4. The van der Waals surface area contributed by atoms with Crippen molar-refractivity contribution in [2.75, 3.05) is 57.1 Å². The van der Waals surface area contributed by atoms with Crippen LogP contribution in [0.1, 0.15) is 61.1 Å². The number of nitrogens with zero attached hydrogens (tertiary/aromatic N) is 2. The number of likely N-dealkylation sites (N-methyl/N-ethyl adjacent to an activating group) is 1. The molecule has 1 amide bonds. The third kappa shape index (κ3) is 7.34. The summed E-state index contributed by atoms with van der Waals surface area (Å²) in [6.07, 6.45) is 3.23. The molecule has 0 radical (unpaired) electrons. The predicted octanol–water partition coefficient (Wildman–Crippen LogP) is 4.01. The summed E-state index contributed by atoms with van der Waals surface area (Å²) >= 11 is 0. The first kappa shape index (κ1) is 28.1. The third-order valence-electron chi connectivity index (χ3n) is 6.95. The van der Waals surface area contributed by atoms with Gasteiger partial charge >= 0.3 is 5.97 Å². The second-order valence-corrected chi connectivity index (χ2v) is 11.4. The predicted molar refractivity (Wildman–Crippen MR) is 151 cm³/mol. The molecule has 2 aromatic carbocycles. The van der Waals surface area contributed by atoms with Gasteiger partial charge in [0.25, 0.3) is 0 Å². The van der Waals surface area contributed by atoms with Crippen LogP contribution in [0.25, 0.3) is 0 Å². The van der Waals surface area contributed by atoms with E-state index in [1.54, 1.807) is 24.3 Å². The number of nitrogens with one attached hydrogen (secondary N) is 2. The second-order valence-electron chi connectivity index (χ2n) is 11.4. The van der Waals surface area contributed by atoms with Gasteiger partial charge < -0.3 is 29.9 Å². The number of amides is 1. The standard InChI is InChI=1S/C30H42N4O4/c1-30(2,3)38-29(36)21-9-11-22(12-10-21)32-28(35)27-25-7-6-8-26(24(25)13-16-31-27)34-17-14-23(15-18-34)37-20-19-33(4)5/h6-12,23,27,31H,13-20H2,1-5H3,(H,32,35). The zero-order valence-electron chi connectivity index (χ0n) is 23.4. The van der Waals surface area contributed by atoms with Crippen molar-refractivity contribution in [3.63, 3.8) is 0 Å². The topological polar surface area (TPSA) is 83.1 Å². The van der Waals surface area contributed by atoms with E-state index in [4.69, 9.17) is 9.47 Å². The van der Waals surface area contributed by atoms with Gasteiger partial charge in [-0.2, -0.15) is 0 Å². The van der Waals surface area contributed by atoms with Crippen LogP contribution in [0.2, 0.25) is 0 Å². The molecule has 0 aromatic heterocycles. The van der Waals surface area contributed by atoms with Crippen LogP contribution >= 0.6 is 0 Å². The lowest BCUT2D eigenvalue weighted by Crippen LogP contribution is -2.41. The van der Waals surface area contributed by atoms with E-state index in [0.29, 0.717) is 17.4 Å². The van der Waals surface area contributed by atoms with E-state index in [1.807, 2.05) is 20.8 Å². The Morgan fingerprint density at radius 1 is 1.08 bits per heavy atom. The quantitative estimate of drug-likeness (QED) is 0.507. The maximum absolute atomic E-state index is 13.3. The number of piperidine rings is 1. The van der Waals surface area contributed by atoms with Crippen LogP contribution in [0.15, 0.2) is 42.5 Å². The number of ether oxygens (including phenoxy) is 2. The van der Waals surface area contributed by atoms with Crippen molar-refractivity contribution >= 4 is 23.3 Å². The Hall–Kier alpha value is -2.94. The third-order valence-corrected chi connectivity index (χ3v) is 6.95. The summed E-state index contributed by atoms with van der Waals surface area (Å²) in [5, 5.41) is 6.40. The van der Waals surface area contributed by atoms with Crippen molar-refractivity contribution in [1.82, 2.24) is 10.2 Å². The van der Waals surface area contributed by atoms with E-state index >= 15 is 0 Å². The minimum Gasteiger partial charge on any atom is -0.456 e. The highest BCUT2D eigenvalue weighted by atomic mass is 16.6. The molecule has 0 spiro atoms. The number of rotatable bonds is 8. The molecule has 8 nitrogen and oxygen atoms in total. The van der Waals surface area contributed by atoms with Gasteiger partial charge in [-0.1, -0.05) is 12.1 Å². The summed E-state index contributed by atoms with van der Waals surface area (Å²) in [6.45, 7) is 9.87. The van der Waals surface area contributed by atoms with Gasteiger partial charge in [0.05, 0.1) is 18.3 Å². The van der Waals surface area contributed by atoms with Crippen molar-refractivity contribution in [3.05, 3.63) is 59.2 Å². The summed E-state index contributed by atoms with van der Waals surface area (Å²) in [7, 11) is 4.13. The Kier molecular flexibility index (Phi) is 9.07. The minimum absolute atomic E-state index is 0.110. The van der Waals surface area contributed by atoms with Gasteiger partial charge in [-0.15, -0.1) is 0 Å². The Morgan fingerprint density at radius 3 is 2.45 bits per heavy atom. The number of esters is 1. The molecule has 2 aromatic rings. The van der Waals surface area contributed by atoms with Crippen molar-refractivity contribution in [2.24, 2.45) is 0 Å². The fraction of sp³-hybridized carbons (Fsp3) is 0.533. The van der Waals surface area contributed by atoms with Crippen molar-refractivity contribution in [3.8, 4) is 0 Å². The average Bonchev–Trinajstić information content (AvgIpc) is 2.87. The number of benzene rings is 2. The zero-order chi connectivity index (χ0) is 27.3. The molecule has 8 heteroatoms. The first-order valence-electron chi connectivity index (χ1n) is 13.6. The smallest absolute Gasteiger partial charge is 0.338 e. The maximum atomic E-state index is 13.3. The van der Waals surface area contributed by atoms with Crippen LogP contribution in [0.3, 0.4) is 0 Å². The Bertz CT molecular complexity index is 1100. The molecule has 2 aliphatic heterocycles. The fourth-order valence-electron chi connectivity index (χ4n) is 5.02. The molecule has 2 heterocycles. The van der Waals surface area contributed by atoms with Gasteiger partial charge in [-0.3, -0.25) is 4.79 Å². The number of carbonyl (C=O) groups excluding carboxylic acids is 2. The first-order valence-corrected chi connectivity index (χ1v) is 13.6. The Labute approximate surface area is 226 Å². The largest absolute Gasteiger partial charge is 0.456 e. The van der Waals surface area contributed by atoms with Gasteiger partial charge in [0.2, 0.25) is 5.91 Å². The number of hydrogen-bond acceptors (Lipinski definition) is 7. The fourth-order valence-corrected chi connectivity index (χ4v) is 5.02. The van der Waals surface area contributed by atoms with Gasteiger partial charge in [0.1, 0.15) is 11.6 Å². The van der Waals surface area contributed by atoms with E-state index in [-0.39, 0.29) is 11.9 Å². The molecule has 1 fully saturated rings. The first-order chi connectivity index (χ1) is 18.1.